The molecular formula is C20H27N3O2. The maximum absolute atomic E-state index is 12.8. The molecule has 134 valence electrons. The Morgan fingerprint density at radius 2 is 2.08 bits per heavy atom. The number of carbonyl (C=O) groups excluding carboxylic acids is 1. The van der Waals surface area contributed by atoms with E-state index in [0.717, 1.165) is 41.8 Å². The molecule has 1 aliphatic rings. The van der Waals surface area contributed by atoms with Crippen molar-refractivity contribution < 1.29 is 9.90 Å². The molecule has 3 rings (SSSR count). The van der Waals surface area contributed by atoms with Crippen molar-refractivity contribution in [3.63, 3.8) is 0 Å². The molecule has 1 fully saturated rings. The molecule has 0 saturated heterocycles. The van der Waals surface area contributed by atoms with Gasteiger partial charge in [-0.2, -0.15) is 5.10 Å². The monoisotopic (exact) mass is 341 g/mol. The van der Waals surface area contributed by atoms with E-state index < -0.39 is 0 Å². The van der Waals surface area contributed by atoms with Crippen LogP contribution in [-0.2, 0) is 0 Å². The molecule has 1 aliphatic carbocycles. The predicted octanol–water partition coefficient (Wildman–Crippen LogP) is 3.03. The number of aryl methyl sites for hydroxylation is 2. The van der Waals surface area contributed by atoms with E-state index in [2.05, 4.69) is 30.2 Å². The number of hydrogen-bond acceptors (Lipinski definition) is 3. The average Bonchev–Trinajstić information content (AvgIpc) is 3.15. The summed E-state index contributed by atoms with van der Waals surface area (Å²) in [7, 11) is 1.81. The number of aromatic nitrogens is 2. The van der Waals surface area contributed by atoms with E-state index in [-0.39, 0.29) is 17.9 Å². The number of nitrogens with zero attached hydrogens (tertiary/aromatic N) is 3. The quantitative estimate of drug-likeness (QED) is 0.930. The predicted molar refractivity (Wildman–Crippen MR) is 98.1 cm³/mol. The Bertz CT molecular complexity index is 781. The average molecular weight is 341 g/mol. The second-order valence-electron chi connectivity index (χ2n) is 7.29. The van der Waals surface area contributed by atoms with Crippen molar-refractivity contribution in [2.24, 2.45) is 5.92 Å². The Morgan fingerprint density at radius 1 is 1.32 bits per heavy atom. The molecule has 5 heteroatoms. The number of rotatable bonds is 4. The van der Waals surface area contributed by atoms with Gasteiger partial charge in [0.25, 0.3) is 5.91 Å². The third kappa shape index (κ3) is 3.47. The van der Waals surface area contributed by atoms with Gasteiger partial charge in [0.1, 0.15) is 0 Å². The Kier molecular flexibility index (Phi) is 4.95. The number of amides is 1. The van der Waals surface area contributed by atoms with E-state index in [4.69, 9.17) is 0 Å². The van der Waals surface area contributed by atoms with Crippen LogP contribution in [0, 0.1) is 26.7 Å². The van der Waals surface area contributed by atoms with Crippen LogP contribution in [0.5, 0.6) is 0 Å². The van der Waals surface area contributed by atoms with E-state index in [1.807, 2.05) is 25.6 Å². The highest BCUT2D eigenvalue weighted by molar-refractivity contribution is 5.95. The lowest BCUT2D eigenvalue weighted by atomic mass is 10.1. The van der Waals surface area contributed by atoms with Crippen LogP contribution in [0.4, 0.5) is 0 Å². The van der Waals surface area contributed by atoms with Gasteiger partial charge in [-0.25, -0.2) is 4.68 Å². The van der Waals surface area contributed by atoms with Crippen LogP contribution in [0.2, 0.25) is 0 Å². The van der Waals surface area contributed by atoms with Crippen LogP contribution in [0.15, 0.2) is 24.4 Å². The molecule has 0 bridgehead atoms. The first-order valence-corrected chi connectivity index (χ1v) is 8.94. The summed E-state index contributed by atoms with van der Waals surface area (Å²) in [6.07, 6.45) is 4.24. The molecule has 2 unspecified atom stereocenters. The zero-order valence-electron chi connectivity index (χ0n) is 15.5. The van der Waals surface area contributed by atoms with Crippen molar-refractivity contribution in [1.82, 2.24) is 14.7 Å². The fraction of sp³-hybridized carbons (Fsp3) is 0.500. The first-order chi connectivity index (χ1) is 11.9. The van der Waals surface area contributed by atoms with Gasteiger partial charge in [0.15, 0.2) is 0 Å². The molecule has 1 aromatic heterocycles. The fourth-order valence-electron chi connectivity index (χ4n) is 3.68. The number of aliphatic hydroxyl groups is 1. The molecule has 25 heavy (non-hydrogen) atoms. The summed E-state index contributed by atoms with van der Waals surface area (Å²) >= 11 is 0. The van der Waals surface area contributed by atoms with Crippen LogP contribution < -0.4 is 0 Å². The molecular weight excluding hydrogens is 314 g/mol. The zero-order valence-corrected chi connectivity index (χ0v) is 15.5. The summed E-state index contributed by atoms with van der Waals surface area (Å²) in [5, 5.41) is 14.5. The van der Waals surface area contributed by atoms with Crippen molar-refractivity contribution in [3.05, 3.63) is 46.8 Å². The van der Waals surface area contributed by atoms with Gasteiger partial charge in [-0.3, -0.25) is 4.79 Å². The van der Waals surface area contributed by atoms with Gasteiger partial charge in [-0.1, -0.05) is 18.6 Å². The van der Waals surface area contributed by atoms with E-state index in [1.165, 1.54) is 0 Å². The lowest BCUT2D eigenvalue weighted by Crippen LogP contribution is -2.34. The molecule has 0 spiro atoms. The highest BCUT2D eigenvalue weighted by Gasteiger charge is 2.28. The molecule has 1 amide bonds. The first-order valence-electron chi connectivity index (χ1n) is 8.94. The Balaban J connectivity index is 1.82. The topological polar surface area (TPSA) is 58.4 Å². The zero-order chi connectivity index (χ0) is 18.1. The Hall–Kier alpha value is -2.14. The van der Waals surface area contributed by atoms with Gasteiger partial charge in [-0.15, -0.1) is 0 Å². The maximum Gasteiger partial charge on any atom is 0.257 e. The summed E-state index contributed by atoms with van der Waals surface area (Å²) in [4.78, 5) is 14.6. The normalized spacial score (nSPS) is 20.0. The van der Waals surface area contributed by atoms with Gasteiger partial charge in [0.05, 0.1) is 29.2 Å². The minimum Gasteiger partial charge on any atom is -0.393 e. The summed E-state index contributed by atoms with van der Waals surface area (Å²) in [5.74, 6) is 0.150. The van der Waals surface area contributed by atoms with Crippen molar-refractivity contribution in [3.8, 4) is 5.69 Å². The molecule has 2 aromatic rings. The summed E-state index contributed by atoms with van der Waals surface area (Å²) in [5.41, 5.74) is 4.76. The van der Waals surface area contributed by atoms with Crippen LogP contribution >= 0.6 is 0 Å². The Labute approximate surface area is 149 Å². The second-order valence-corrected chi connectivity index (χ2v) is 7.29. The van der Waals surface area contributed by atoms with Gasteiger partial charge in [-0.05, 0) is 50.8 Å². The third-order valence-corrected chi connectivity index (χ3v) is 5.31. The van der Waals surface area contributed by atoms with E-state index >= 15 is 0 Å². The standard InChI is InChI=1S/C20H27N3O2/c1-13-8-9-14(2)18(10-13)23-15(3)17(11-21-23)20(25)22(4)12-16-6-5-7-19(16)24/h8-11,16,19,24H,5-7,12H2,1-4H3. The van der Waals surface area contributed by atoms with Crippen molar-refractivity contribution in [1.29, 1.82) is 0 Å². The summed E-state index contributed by atoms with van der Waals surface area (Å²) in [6, 6.07) is 6.23. The molecule has 1 N–H and O–H groups in total. The number of carbonyl (C=O) groups is 1. The van der Waals surface area contributed by atoms with Gasteiger partial charge in [0.2, 0.25) is 0 Å². The fourth-order valence-corrected chi connectivity index (χ4v) is 3.68. The number of hydrogen-bond donors (Lipinski definition) is 1. The number of aliphatic hydroxyl groups excluding tert-OH is 1. The highest BCUT2D eigenvalue weighted by atomic mass is 16.3. The van der Waals surface area contributed by atoms with Crippen LogP contribution in [0.1, 0.15) is 46.4 Å². The minimum atomic E-state index is -0.283. The second kappa shape index (κ2) is 7.00. The van der Waals surface area contributed by atoms with Crippen LogP contribution in [-0.4, -0.2) is 45.4 Å². The Morgan fingerprint density at radius 3 is 2.76 bits per heavy atom. The third-order valence-electron chi connectivity index (χ3n) is 5.31. The van der Waals surface area contributed by atoms with Crippen molar-refractivity contribution >= 4 is 5.91 Å². The molecule has 2 atom stereocenters. The highest BCUT2D eigenvalue weighted by Crippen LogP contribution is 2.27. The first kappa shape index (κ1) is 17.7. The molecule has 5 nitrogen and oxygen atoms in total. The molecule has 0 aliphatic heterocycles. The molecule has 1 aromatic carbocycles. The summed E-state index contributed by atoms with van der Waals surface area (Å²) < 4.78 is 1.84. The van der Waals surface area contributed by atoms with E-state index in [1.54, 1.807) is 11.1 Å². The summed E-state index contributed by atoms with van der Waals surface area (Å²) in [6.45, 7) is 6.62. The van der Waals surface area contributed by atoms with Crippen molar-refractivity contribution in [2.75, 3.05) is 13.6 Å². The van der Waals surface area contributed by atoms with Gasteiger partial charge < -0.3 is 10.0 Å². The number of benzene rings is 1. The van der Waals surface area contributed by atoms with Crippen molar-refractivity contribution in [2.45, 2.75) is 46.1 Å². The van der Waals surface area contributed by atoms with E-state index in [0.29, 0.717) is 12.1 Å². The van der Waals surface area contributed by atoms with Gasteiger partial charge in [0, 0.05) is 19.5 Å². The van der Waals surface area contributed by atoms with Crippen LogP contribution in [0.3, 0.4) is 0 Å². The van der Waals surface area contributed by atoms with Crippen LogP contribution in [0.25, 0.3) is 5.69 Å². The SMILES string of the molecule is Cc1ccc(C)c(-n2ncc(C(=O)N(C)CC3CCCC3O)c2C)c1. The lowest BCUT2D eigenvalue weighted by Gasteiger charge is -2.23. The molecule has 1 heterocycles. The largest absolute Gasteiger partial charge is 0.393 e. The molecule has 1 saturated carbocycles. The lowest BCUT2D eigenvalue weighted by molar-refractivity contribution is 0.0693. The minimum absolute atomic E-state index is 0.0341. The smallest absolute Gasteiger partial charge is 0.257 e. The maximum atomic E-state index is 12.8. The van der Waals surface area contributed by atoms with Gasteiger partial charge >= 0.3 is 0 Å². The van der Waals surface area contributed by atoms with E-state index in [9.17, 15) is 9.90 Å². The molecule has 0 radical (unpaired) electrons.